The van der Waals surface area contributed by atoms with Crippen LogP contribution < -0.4 is 11.1 Å². The van der Waals surface area contributed by atoms with E-state index >= 15 is 0 Å². The Kier molecular flexibility index (Phi) is 8.06. The predicted octanol–water partition coefficient (Wildman–Crippen LogP) is 4.92. The van der Waals surface area contributed by atoms with Gasteiger partial charge < -0.3 is 11.1 Å². The van der Waals surface area contributed by atoms with E-state index in [1.807, 2.05) is 27.7 Å². The molecule has 0 unspecified atom stereocenters. The van der Waals surface area contributed by atoms with E-state index in [-0.39, 0.29) is 5.82 Å². The van der Waals surface area contributed by atoms with Crippen molar-refractivity contribution in [1.29, 1.82) is 0 Å². The number of allylic oxidation sites excluding steroid dienone is 2. The van der Waals surface area contributed by atoms with Crippen LogP contribution in [0.1, 0.15) is 27.7 Å². The molecular formula is C17H25FN2. The van der Waals surface area contributed by atoms with Gasteiger partial charge in [0.25, 0.3) is 0 Å². The number of nitrogen functional groups attached to an aromatic ring is 1. The molecule has 0 aliphatic rings. The van der Waals surface area contributed by atoms with Gasteiger partial charge in [-0.25, -0.2) is 4.39 Å². The minimum absolute atomic E-state index is 0.312. The Balaban J connectivity index is 0.00000172. The molecule has 0 atom stereocenters. The van der Waals surface area contributed by atoms with Gasteiger partial charge in [-0.05, 0) is 43.2 Å². The van der Waals surface area contributed by atoms with Crippen LogP contribution in [0.2, 0.25) is 0 Å². The Bertz CT molecular complexity index is 502. The summed E-state index contributed by atoms with van der Waals surface area (Å²) in [4.78, 5) is 0. The molecule has 3 heteroatoms. The Labute approximate surface area is 121 Å². The lowest BCUT2D eigenvalue weighted by Gasteiger charge is -2.14. The molecule has 1 aromatic carbocycles. The lowest BCUT2D eigenvalue weighted by atomic mass is 10.0. The van der Waals surface area contributed by atoms with E-state index in [2.05, 4.69) is 18.5 Å². The van der Waals surface area contributed by atoms with E-state index in [4.69, 9.17) is 5.73 Å². The quantitative estimate of drug-likeness (QED) is 0.591. The fraction of sp³-hybridized carbons (Fsp3) is 0.294. The van der Waals surface area contributed by atoms with Gasteiger partial charge in [0.15, 0.2) is 0 Å². The van der Waals surface area contributed by atoms with Crippen molar-refractivity contribution in [3.05, 3.63) is 60.0 Å². The molecule has 110 valence electrons. The second-order valence-electron chi connectivity index (χ2n) is 4.23. The highest BCUT2D eigenvalue weighted by molar-refractivity contribution is 5.66. The van der Waals surface area contributed by atoms with E-state index < -0.39 is 0 Å². The second kappa shape index (κ2) is 8.97. The summed E-state index contributed by atoms with van der Waals surface area (Å²) < 4.78 is 13.1. The number of hydrogen-bond acceptors (Lipinski definition) is 2. The highest BCUT2D eigenvalue weighted by Gasteiger charge is 2.05. The van der Waals surface area contributed by atoms with E-state index in [0.717, 1.165) is 16.7 Å². The van der Waals surface area contributed by atoms with Gasteiger partial charge in [-0.2, -0.15) is 0 Å². The monoisotopic (exact) mass is 276 g/mol. The maximum atomic E-state index is 13.1. The van der Waals surface area contributed by atoms with Crippen molar-refractivity contribution in [2.45, 2.75) is 27.7 Å². The third-order valence-corrected chi connectivity index (χ3v) is 2.77. The van der Waals surface area contributed by atoms with Crippen molar-refractivity contribution in [3.8, 4) is 0 Å². The lowest BCUT2D eigenvalue weighted by molar-refractivity contribution is 0.628. The zero-order valence-electron chi connectivity index (χ0n) is 12.9. The van der Waals surface area contributed by atoms with Crippen LogP contribution in [0.4, 0.5) is 15.8 Å². The van der Waals surface area contributed by atoms with E-state index in [9.17, 15) is 4.39 Å². The minimum atomic E-state index is -0.312. The zero-order valence-corrected chi connectivity index (χ0v) is 12.9. The van der Waals surface area contributed by atoms with Gasteiger partial charge >= 0.3 is 0 Å². The highest BCUT2D eigenvalue weighted by Crippen LogP contribution is 2.21. The van der Waals surface area contributed by atoms with Gasteiger partial charge in [-0.15, -0.1) is 0 Å². The van der Waals surface area contributed by atoms with Crippen LogP contribution in [-0.4, -0.2) is 6.54 Å². The smallest absolute Gasteiger partial charge is 0.125 e. The third kappa shape index (κ3) is 5.31. The fourth-order valence-electron chi connectivity index (χ4n) is 1.62. The Morgan fingerprint density at radius 3 is 2.45 bits per heavy atom. The van der Waals surface area contributed by atoms with Crippen molar-refractivity contribution in [1.82, 2.24) is 0 Å². The summed E-state index contributed by atoms with van der Waals surface area (Å²) >= 11 is 0. The minimum Gasteiger partial charge on any atom is -0.397 e. The molecule has 2 nitrogen and oxygen atoms in total. The van der Waals surface area contributed by atoms with Crippen LogP contribution in [0, 0.1) is 5.82 Å². The number of hydrogen-bond donors (Lipinski definition) is 2. The normalized spacial score (nSPS) is 10.8. The molecule has 0 saturated carbocycles. The average Bonchev–Trinajstić information content (AvgIpc) is 2.44. The summed E-state index contributed by atoms with van der Waals surface area (Å²) in [6.07, 6.45) is 1.78. The zero-order chi connectivity index (χ0) is 15.7. The first-order chi connectivity index (χ1) is 9.45. The molecule has 0 heterocycles. The number of anilines is 2. The van der Waals surface area contributed by atoms with Crippen LogP contribution in [0.3, 0.4) is 0 Å². The summed E-state index contributed by atoms with van der Waals surface area (Å²) in [6, 6.07) is 4.27. The van der Waals surface area contributed by atoms with Crippen LogP contribution in [0.25, 0.3) is 0 Å². The molecule has 0 bridgehead atoms. The van der Waals surface area contributed by atoms with Crippen molar-refractivity contribution in [2.75, 3.05) is 17.6 Å². The van der Waals surface area contributed by atoms with E-state index in [1.54, 1.807) is 12.1 Å². The molecule has 0 spiro atoms. The van der Waals surface area contributed by atoms with Gasteiger partial charge in [-0.1, -0.05) is 38.7 Å². The van der Waals surface area contributed by atoms with Crippen LogP contribution >= 0.6 is 0 Å². The Morgan fingerprint density at radius 2 is 1.95 bits per heavy atom. The SMILES string of the molecule is C=C/C(C)=C(/CNc1cc(F)ccc1N)C(=C)C.CC. The molecule has 0 aliphatic heterocycles. The largest absolute Gasteiger partial charge is 0.397 e. The number of rotatable bonds is 5. The lowest BCUT2D eigenvalue weighted by Crippen LogP contribution is -2.09. The standard InChI is InChI=1S/C15H19FN2.C2H6/c1-5-11(4)13(10(2)3)9-18-15-8-12(16)6-7-14(15)17;1-2/h5-8,18H,1-2,9,17H2,3-4H3;1-2H3/b13-11-;. The second-order valence-corrected chi connectivity index (χ2v) is 4.23. The molecular weight excluding hydrogens is 251 g/mol. The summed E-state index contributed by atoms with van der Waals surface area (Å²) in [7, 11) is 0. The molecule has 0 aromatic heterocycles. The summed E-state index contributed by atoms with van der Waals surface area (Å²) in [5.41, 5.74) is 9.93. The van der Waals surface area contributed by atoms with Crippen LogP contribution in [-0.2, 0) is 0 Å². The first-order valence-corrected chi connectivity index (χ1v) is 6.72. The topological polar surface area (TPSA) is 38.0 Å². The van der Waals surface area contributed by atoms with Crippen LogP contribution in [0.5, 0.6) is 0 Å². The molecule has 20 heavy (non-hydrogen) atoms. The van der Waals surface area contributed by atoms with Crippen molar-refractivity contribution < 1.29 is 4.39 Å². The molecule has 0 aliphatic carbocycles. The molecule has 0 fully saturated rings. The van der Waals surface area contributed by atoms with Crippen molar-refractivity contribution >= 4 is 11.4 Å². The maximum absolute atomic E-state index is 13.1. The van der Waals surface area contributed by atoms with Crippen molar-refractivity contribution in [2.24, 2.45) is 0 Å². The van der Waals surface area contributed by atoms with Gasteiger partial charge in [0.2, 0.25) is 0 Å². The molecule has 0 radical (unpaired) electrons. The molecule has 0 saturated heterocycles. The number of nitrogens with one attached hydrogen (secondary N) is 1. The predicted molar refractivity (Wildman–Crippen MR) is 88.4 cm³/mol. The first kappa shape index (κ1) is 18.0. The maximum Gasteiger partial charge on any atom is 0.125 e. The van der Waals surface area contributed by atoms with E-state index in [1.165, 1.54) is 12.1 Å². The van der Waals surface area contributed by atoms with Crippen LogP contribution in [0.15, 0.2) is 54.2 Å². The number of halogens is 1. The Morgan fingerprint density at radius 1 is 1.35 bits per heavy atom. The summed E-state index contributed by atoms with van der Waals surface area (Å²) in [5.74, 6) is -0.312. The molecule has 1 aromatic rings. The summed E-state index contributed by atoms with van der Waals surface area (Å²) in [5, 5.41) is 3.12. The molecule has 0 amide bonds. The van der Waals surface area contributed by atoms with Gasteiger partial charge in [0, 0.05) is 6.54 Å². The Hall–Kier alpha value is -2.03. The first-order valence-electron chi connectivity index (χ1n) is 6.72. The van der Waals surface area contributed by atoms with Gasteiger partial charge in [0.05, 0.1) is 11.4 Å². The molecule has 1 rings (SSSR count). The fourth-order valence-corrected chi connectivity index (χ4v) is 1.62. The van der Waals surface area contributed by atoms with Crippen molar-refractivity contribution in [3.63, 3.8) is 0 Å². The highest BCUT2D eigenvalue weighted by atomic mass is 19.1. The third-order valence-electron chi connectivity index (χ3n) is 2.77. The molecule has 3 N–H and O–H groups in total. The van der Waals surface area contributed by atoms with E-state index in [0.29, 0.717) is 17.9 Å². The summed E-state index contributed by atoms with van der Waals surface area (Å²) in [6.45, 7) is 16.1. The number of benzene rings is 1. The van der Waals surface area contributed by atoms with Gasteiger partial charge in [0.1, 0.15) is 5.82 Å². The average molecular weight is 276 g/mol. The van der Waals surface area contributed by atoms with Gasteiger partial charge in [-0.3, -0.25) is 0 Å². The number of nitrogens with two attached hydrogens (primary N) is 1.